The van der Waals surface area contributed by atoms with Crippen molar-refractivity contribution in [2.75, 3.05) is 11.5 Å². The van der Waals surface area contributed by atoms with Crippen LogP contribution in [0.5, 0.6) is 11.5 Å². The second kappa shape index (κ2) is 9.49. The molecule has 0 aromatic heterocycles. The standard InChI is InChI=1S/C25H40N2O3Si2/c1-7-23(28-21-13-9-11-19(26)17-21)25(15-16-31(3,4)32(5,6)30-25)24(8-2)29-22-14-10-12-20(27)18-22/h9-14,17-18,23-24H,7-8,15-16,26-27H2,1-6H3. The van der Waals surface area contributed by atoms with Crippen LogP contribution in [0.2, 0.25) is 32.2 Å². The second-order valence-electron chi connectivity index (χ2n) is 10.1. The zero-order chi connectivity index (χ0) is 23.6. The van der Waals surface area contributed by atoms with Gasteiger partial charge in [-0.15, -0.1) is 0 Å². The summed E-state index contributed by atoms with van der Waals surface area (Å²) in [5.41, 5.74) is 12.9. The van der Waals surface area contributed by atoms with E-state index in [0.717, 1.165) is 30.8 Å². The lowest BCUT2D eigenvalue weighted by Crippen LogP contribution is -2.72. The highest BCUT2D eigenvalue weighted by Gasteiger charge is 2.59. The molecule has 7 heteroatoms. The molecule has 176 valence electrons. The monoisotopic (exact) mass is 472 g/mol. The third-order valence-corrected chi connectivity index (χ3v) is 23.8. The van der Waals surface area contributed by atoms with E-state index in [4.69, 9.17) is 25.4 Å². The van der Waals surface area contributed by atoms with Crippen LogP contribution in [0.15, 0.2) is 48.5 Å². The Kier molecular flexibility index (Phi) is 7.32. The minimum Gasteiger partial charge on any atom is -0.487 e. The largest absolute Gasteiger partial charge is 0.487 e. The fourth-order valence-corrected chi connectivity index (χ4v) is 11.5. The number of hydrogen-bond donors (Lipinski definition) is 2. The molecule has 0 radical (unpaired) electrons. The first-order valence-corrected chi connectivity index (χ1v) is 18.9. The van der Waals surface area contributed by atoms with E-state index in [1.54, 1.807) is 0 Å². The Morgan fingerprint density at radius 3 is 1.72 bits per heavy atom. The van der Waals surface area contributed by atoms with Crippen molar-refractivity contribution in [2.45, 2.75) is 83.2 Å². The molecule has 1 saturated heterocycles. The average Bonchev–Trinajstić information content (AvgIpc) is 2.72. The summed E-state index contributed by atoms with van der Waals surface area (Å²) < 4.78 is 20.5. The van der Waals surface area contributed by atoms with Crippen molar-refractivity contribution in [1.29, 1.82) is 0 Å². The molecule has 0 aliphatic carbocycles. The Hall–Kier alpha value is -1.97. The first-order valence-electron chi connectivity index (χ1n) is 11.8. The molecular weight excluding hydrogens is 432 g/mol. The van der Waals surface area contributed by atoms with Crippen molar-refractivity contribution in [2.24, 2.45) is 0 Å². The van der Waals surface area contributed by atoms with Gasteiger partial charge in [0.25, 0.3) is 0 Å². The molecule has 1 aliphatic rings. The van der Waals surface area contributed by atoms with Crippen LogP contribution in [0.4, 0.5) is 11.4 Å². The number of ether oxygens (including phenoxy) is 2. The zero-order valence-corrected chi connectivity index (χ0v) is 22.5. The predicted molar refractivity (Wildman–Crippen MR) is 139 cm³/mol. The van der Waals surface area contributed by atoms with Crippen molar-refractivity contribution in [3.63, 3.8) is 0 Å². The smallest absolute Gasteiger partial charge is 0.175 e. The quantitative estimate of drug-likeness (QED) is 0.363. The van der Waals surface area contributed by atoms with Crippen LogP contribution < -0.4 is 20.9 Å². The number of nitrogens with two attached hydrogens (primary N) is 2. The van der Waals surface area contributed by atoms with Gasteiger partial charge in [0.15, 0.2) is 7.83 Å². The molecule has 1 fully saturated rings. The van der Waals surface area contributed by atoms with Gasteiger partial charge in [0.1, 0.15) is 29.3 Å². The highest BCUT2D eigenvalue weighted by Crippen LogP contribution is 2.46. The topological polar surface area (TPSA) is 79.7 Å². The van der Waals surface area contributed by atoms with Gasteiger partial charge < -0.3 is 25.4 Å². The first kappa shape index (κ1) is 24.7. The second-order valence-corrected chi connectivity index (χ2v) is 25.3. The molecule has 3 rings (SSSR count). The molecule has 4 N–H and O–H groups in total. The van der Waals surface area contributed by atoms with E-state index in [-0.39, 0.29) is 12.2 Å². The average molecular weight is 473 g/mol. The van der Waals surface area contributed by atoms with E-state index in [1.165, 1.54) is 6.04 Å². The van der Waals surface area contributed by atoms with E-state index in [1.807, 2.05) is 48.5 Å². The first-order chi connectivity index (χ1) is 15.0. The predicted octanol–water partition coefficient (Wildman–Crippen LogP) is 6.02. The fraction of sp³-hybridized carbons (Fsp3) is 0.520. The zero-order valence-electron chi connectivity index (χ0n) is 20.5. The Morgan fingerprint density at radius 1 is 0.875 bits per heavy atom. The highest BCUT2D eigenvalue weighted by molar-refractivity contribution is 7.38. The van der Waals surface area contributed by atoms with Crippen LogP contribution in [0.1, 0.15) is 33.1 Å². The summed E-state index contributed by atoms with van der Waals surface area (Å²) in [7, 11) is -3.40. The Morgan fingerprint density at radius 2 is 1.34 bits per heavy atom. The lowest BCUT2D eigenvalue weighted by molar-refractivity contribution is -0.121. The van der Waals surface area contributed by atoms with E-state index < -0.39 is 21.0 Å². The third-order valence-electron chi connectivity index (χ3n) is 7.32. The maximum atomic E-state index is 7.28. The number of rotatable bonds is 8. The van der Waals surface area contributed by atoms with Crippen molar-refractivity contribution in [3.8, 4) is 11.5 Å². The molecule has 2 unspecified atom stereocenters. The maximum absolute atomic E-state index is 7.28. The van der Waals surface area contributed by atoms with Crippen molar-refractivity contribution < 1.29 is 13.9 Å². The normalized spacial score (nSPS) is 23.8. The Labute approximate surface area is 195 Å². The van der Waals surface area contributed by atoms with E-state index in [9.17, 15) is 0 Å². The Bertz CT molecular complexity index is 864. The van der Waals surface area contributed by atoms with Gasteiger partial charge >= 0.3 is 0 Å². The molecule has 0 spiro atoms. The lowest BCUT2D eigenvalue weighted by Gasteiger charge is -2.56. The molecule has 5 nitrogen and oxygen atoms in total. The summed E-state index contributed by atoms with van der Waals surface area (Å²) in [4.78, 5) is 0. The molecule has 32 heavy (non-hydrogen) atoms. The van der Waals surface area contributed by atoms with E-state index in [0.29, 0.717) is 11.4 Å². The van der Waals surface area contributed by atoms with E-state index >= 15 is 0 Å². The number of benzene rings is 2. The molecule has 1 aliphatic heterocycles. The Balaban J connectivity index is 2.03. The highest BCUT2D eigenvalue weighted by atomic mass is 29.3. The molecule has 0 saturated carbocycles. The summed E-state index contributed by atoms with van der Waals surface area (Å²) in [6.45, 7) is 14.0. The molecule has 1 heterocycles. The third kappa shape index (κ3) is 5.00. The van der Waals surface area contributed by atoms with Crippen LogP contribution in [0.3, 0.4) is 0 Å². The summed E-state index contributed by atoms with van der Waals surface area (Å²) in [5, 5.41) is 0. The van der Waals surface area contributed by atoms with Crippen LogP contribution in [-0.4, -0.2) is 33.2 Å². The van der Waals surface area contributed by atoms with Gasteiger partial charge in [0.05, 0.1) is 7.59 Å². The van der Waals surface area contributed by atoms with Gasteiger partial charge in [-0.2, -0.15) is 0 Å². The molecule has 0 bridgehead atoms. The van der Waals surface area contributed by atoms with Crippen molar-refractivity contribution >= 4 is 26.8 Å². The van der Waals surface area contributed by atoms with Gasteiger partial charge in [-0.05, 0) is 56.6 Å². The van der Waals surface area contributed by atoms with Gasteiger partial charge in [0.2, 0.25) is 0 Å². The molecule has 2 aromatic carbocycles. The van der Waals surface area contributed by atoms with Crippen LogP contribution in [-0.2, 0) is 4.43 Å². The van der Waals surface area contributed by atoms with E-state index in [2.05, 4.69) is 40.0 Å². The summed E-state index contributed by atoms with van der Waals surface area (Å²) in [6, 6.07) is 16.5. The lowest BCUT2D eigenvalue weighted by atomic mass is 9.84. The minimum atomic E-state index is -1.94. The SMILES string of the molecule is CCC(Oc1cccc(N)c1)C1(C(CC)Oc2cccc(N)c2)CC[Si](C)(C)[Si](C)(C)O1. The summed E-state index contributed by atoms with van der Waals surface area (Å²) in [5.74, 6) is 1.56. The molecular formula is C25H40N2O3Si2. The minimum absolute atomic E-state index is 0.146. The fourth-order valence-electron chi connectivity index (χ4n) is 4.70. The molecule has 0 amide bonds. The van der Waals surface area contributed by atoms with Crippen LogP contribution >= 0.6 is 0 Å². The maximum Gasteiger partial charge on any atom is 0.175 e. The molecule has 2 atom stereocenters. The van der Waals surface area contributed by atoms with Crippen LogP contribution in [0.25, 0.3) is 0 Å². The van der Waals surface area contributed by atoms with Gasteiger partial charge in [-0.3, -0.25) is 0 Å². The summed E-state index contributed by atoms with van der Waals surface area (Å²) >= 11 is 0. The number of hydrogen-bond acceptors (Lipinski definition) is 5. The van der Waals surface area contributed by atoms with Crippen molar-refractivity contribution in [1.82, 2.24) is 0 Å². The summed E-state index contributed by atoms with van der Waals surface area (Å²) in [6.07, 6.45) is 2.28. The van der Waals surface area contributed by atoms with Crippen molar-refractivity contribution in [3.05, 3.63) is 48.5 Å². The van der Waals surface area contributed by atoms with Gasteiger partial charge in [-0.1, -0.05) is 45.1 Å². The van der Waals surface area contributed by atoms with Crippen LogP contribution in [0, 0.1) is 0 Å². The molecule has 2 aromatic rings. The van der Waals surface area contributed by atoms with Gasteiger partial charge in [0, 0.05) is 23.5 Å². The number of nitrogen functional groups attached to an aromatic ring is 2. The number of anilines is 2. The van der Waals surface area contributed by atoms with Gasteiger partial charge in [-0.25, -0.2) is 0 Å².